The van der Waals surface area contributed by atoms with Gasteiger partial charge in [0, 0.05) is 12.8 Å². The van der Waals surface area contributed by atoms with E-state index in [1.54, 1.807) is 0 Å². The van der Waals surface area contributed by atoms with Gasteiger partial charge >= 0.3 is 0 Å². The number of carbonyl (C=O) groups is 1. The van der Waals surface area contributed by atoms with E-state index in [2.05, 4.69) is 27.7 Å². The van der Waals surface area contributed by atoms with E-state index in [1.165, 1.54) is 0 Å². The Morgan fingerprint density at radius 1 is 1.50 bits per heavy atom. The van der Waals surface area contributed by atoms with Gasteiger partial charge in [0.05, 0.1) is 11.7 Å². The average Bonchev–Trinajstić information content (AvgIpc) is 2.11. The molecule has 2 heteroatoms. The van der Waals surface area contributed by atoms with E-state index >= 15 is 0 Å². The minimum absolute atomic E-state index is 0.0868. The summed E-state index contributed by atoms with van der Waals surface area (Å²) in [7, 11) is 0. The number of ether oxygens (including phenoxy) is 1. The van der Waals surface area contributed by atoms with Gasteiger partial charge in [-0.2, -0.15) is 0 Å². The Morgan fingerprint density at radius 2 is 2.14 bits per heavy atom. The lowest BCUT2D eigenvalue weighted by atomic mass is 9.86. The number of hydrogen-bond acceptors (Lipinski definition) is 2. The highest BCUT2D eigenvalue weighted by molar-refractivity contribution is 5.79. The quantitative estimate of drug-likeness (QED) is 0.697. The number of rotatable bonds is 3. The first-order chi connectivity index (χ1) is 6.44. The van der Waals surface area contributed by atoms with Crippen molar-refractivity contribution in [2.75, 3.05) is 0 Å². The van der Waals surface area contributed by atoms with E-state index in [9.17, 15) is 4.79 Å². The normalized spacial score (nSPS) is 29.3. The number of Topliss-reactive ketones (excluding diaryl/α,β-unsaturated/α-hetero) is 1. The maximum absolute atomic E-state index is 11.3. The van der Waals surface area contributed by atoms with E-state index in [-0.39, 0.29) is 11.7 Å². The summed E-state index contributed by atoms with van der Waals surface area (Å²) in [6.07, 6.45) is 3.48. The molecule has 0 heterocycles. The molecule has 0 aromatic carbocycles. The van der Waals surface area contributed by atoms with Gasteiger partial charge in [0.25, 0.3) is 0 Å². The Hall–Kier alpha value is -0.370. The molecular weight excluding hydrogens is 176 g/mol. The molecule has 0 aromatic heterocycles. The molecule has 0 amide bonds. The van der Waals surface area contributed by atoms with Crippen LogP contribution in [0.3, 0.4) is 0 Å². The topological polar surface area (TPSA) is 26.3 Å². The molecule has 2 unspecified atom stereocenters. The van der Waals surface area contributed by atoms with Crippen LogP contribution >= 0.6 is 0 Å². The predicted octanol–water partition coefficient (Wildman–Crippen LogP) is 2.95. The standard InChI is InChI=1S/C12H22O2/c1-5-12(3,4)14-11-8-10(13)7-6-9(11)2/h9,11H,5-8H2,1-4H3. The maximum atomic E-state index is 11.3. The molecule has 1 fully saturated rings. The van der Waals surface area contributed by atoms with E-state index < -0.39 is 0 Å². The molecule has 0 radical (unpaired) electrons. The van der Waals surface area contributed by atoms with Crippen LogP contribution in [0, 0.1) is 5.92 Å². The van der Waals surface area contributed by atoms with Crippen LogP contribution in [0.15, 0.2) is 0 Å². The SMILES string of the molecule is CCC(C)(C)OC1CC(=O)CCC1C. The third-order valence-corrected chi connectivity index (χ3v) is 3.26. The van der Waals surface area contributed by atoms with Crippen molar-refractivity contribution in [3.63, 3.8) is 0 Å². The predicted molar refractivity (Wildman–Crippen MR) is 57.3 cm³/mol. The molecule has 1 rings (SSSR count). The summed E-state index contributed by atoms with van der Waals surface area (Å²) in [5.74, 6) is 0.888. The smallest absolute Gasteiger partial charge is 0.135 e. The molecule has 0 aromatic rings. The highest BCUT2D eigenvalue weighted by atomic mass is 16.5. The van der Waals surface area contributed by atoms with Crippen LogP contribution in [0.2, 0.25) is 0 Å². The van der Waals surface area contributed by atoms with Crippen LogP contribution in [0.1, 0.15) is 53.4 Å². The van der Waals surface area contributed by atoms with Crippen molar-refractivity contribution in [3.05, 3.63) is 0 Å². The molecule has 2 nitrogen and oxygen atoms in total. The van der Waals surface area contributed by atoms with Gasteiger partial charge in [0.15, 0.2) is 0 Å². The Kier molecular flexibility index (Phi) is 3.71. The van der Waals surface area contributed by atoms with E-state index in [1.807, 2.05) is 0 Å². The zero-order valence-corrected chi connectivity index (χ0v) is 9.80. The monoisotopic (exact) mass is 198 g/mol. The molecule has 82 valence electrons. The van der Waals surface area contributed by atoms with Crippen LogP contribution < -0.4 is 0 Å². The number of hydrogen-bond donors (Lipinski definition) is 0. The first kappa shape index (κ1) is 11.7. The number of carbonyl (C=O) groups excluding carboxylic acids is 1. The van der Waals surface area contributed by atoms with Gasteiger partial charge in [0.1, 0.15) is 5.78 Å². The summed E-state index contributed by atoms with van der Waals surface area (Å²) in [6.45, 7) is 8.50. The molecule has 1 aliphatic carbocycles. The highest BCUT2D eigenvalue weighted by Crippen LogP contribution is 2.29. The summed E-state index contributed by atoms with van der Waals surface area (Å²) < 4.78 is 5.99. The van der Waals surface area contributed by atoms with Crippen LogP contribution in [0.4, 0.5) is 0 Å². The minimum Gasteiger partial charge on any atom is -0.372 e. The van der Waals surface area contributed by atoms with Crippen LogP contribution in [-0.2, 0) is 9.53 Å². The lowest BCUT2D eigenvalue weighted by Crippen LogP contribution is -2.37. The Bertz CT molecular complexity index is 208. The van der Waals surface area contributed by atoms with Gasteiger partial charge < -0.3 is 4.74 Å². The Labute approximate surface area is 87.0 Å². The maximum Gasteiger partial charge on any atom is 0.135 e. The lowest BCUT2D eigenvalue weighted by Gasteiger charge is -2.35. The van der Waals surface area contributed by atoms with Crippen molar-refractivity contribution < 1.29 is 9.53 Å². The molecule has 0 saturated heterocycles. The Balaban J connectivity index is 2.53. The Morgan fingerprint density at radius 3 is 2.71 bits per heavy atom. The zero-order valence-electron chi connectivity index (χ0n) is 9.80. The number of ketones is 1. The van der Waals surface area contributed by atoms with Crippen molar-refractivity contribution in [1.82, 2.24) is 0 Å². The summed E-state index contributed by atoms with van der Waals surface area (Å²) in [4.78, 5) is 11.3. The molecule has 0 N–H and O–H groups in total. The van der Waals surface area contributed by atoms with Crippen molar-refractivity contribution in [3.8, 4) is 0 Å². The summed E-state index contributed by atoms with van der Waals surface area (Å²) in [5.41, 5.74) is -0.0868. The van der Waals surface area contributed by atoms with Crippen LogP contribution in [-0.4, -0.2) is 17.5 Å². The third-order valence-electron chi connectivity index (χ3n) is 3.26. The van der Waals surface area contributed by atoms with Gasteiger partial charge in [-0.05, 0) is 32.6 Å². The molecule has 0 bridgehead atoms. The molecule has 0 aliphatic heterocycles. The molecule has 1 aliphatic rings. The fourth-order valence-corrected chi connectivity index (χ4v) is 1.75. The molecule has 1 saturated carbocycles. The van der Waals surface area contributed by atoms with Crippen LogP contribution in [0.25, 0.3) is 0 Å². The van der Waals surface area contributed by atoms with Crippen molar-refractivity contribution in [2.45, 2.75) is 65.1 Å². The third kappa shape index (κ3) is 3.09. The fourth-order valence-electron chi connectivity index (χ4n) is 1.75. The minimum atomic E-state index is -0.0868. The molecule has 0 spiro atoms. The van der Waals surface area contributed by atoms with Crippen LogP contribution in [0.5, 0.6) is 0 Å². The van der Waals surface area contributed by atoms with Gasteiger partial charge in [-0.25, -0.2) is 0 Å². The molecular formula is C12H22O2. The highest BCUT2D eigenvalue weighted by Gasteiger charge is 2.31. The van der Waals surface area contributed by atoms with Gasteiger partial charge in [0.2, 0.25) is 0 Å². The van der Waals surface area contributed by atoms with Gasteiger partial charge in [-0.1, -0.05) is 13.8 Å². The molecule has 14 heavy (non-hydrogen) atoms. The van der Waals surface area contributed by atoms with E-state index in [0.717, 1.165) is 19.3 Å². The molecule has 2 atom stereocenters. The zero-order chi connectivity index (χ0) is 10.8. The first-order valence-electron chi connectivity index (χ1n) is 5.64. The van der Waals surface area contributed by atoms with Gasteiger partial charge in [-0.3, -0.25) is 4.79 Å². The lowest BCUT2D eigenvalue weighted by molar-refractivity contribution is -0.138. The summed E-state index contributed by atoms with van der Waals surface area (Å²) in [5, 5.41) is 0. The van der Waals surface area contributed by atoms with Crippen molar-refractivity contribution in [2.24, 2.45) is 5.92 Å². The second kappa shape index (κ2) is 4.43. The van der Waals surface area contributed by atoms with E-state index in [4.69, 9.17) is 4.74 Å². The second-order valence-corrected chi connectivity index (χ2v) is 5.03. The summed E-state index contributed by atoms with van der Waals surface area (Å²) >= 11 is 0. The van der Waals surface area contributed by atoms with Gasteiger partial charge in [-0.15, -0.1) is 0 Å². The average molecular weight is 198 g/mol. The van der Waals surface area contributed by atoms with E-state index in [0.29, 0.717) is 18.1 Å². The largest absolute Gasteiger partial charge is 0.372 e. The first-order valence-corrected chi connectivity index (χ1v) is 5.64. The fraction of sp³-hybridized carbons (Fsp3) is 0.917. The van der Waals surface area contributed by atoms with Crippen molar-refractivity contribution in [1.29, 1.82) is 0 Å². The summed E-state index contributed by atoms with van der Waals surface area (Å²) in [6, 6.07) is 0. The van der Waals surface area contributed by atoms with Crippen molar-refractivity contribution >= 4 is 5.78 Å². The second-order valence-electron chi connectivity index (χ2n) is 5.03.